The van der Waals surface area contributed by atoms with E-state index in [1.54, 1.807) is 18.2 Å². The molecule has 1 N–H and O–H groups in total. The molecule has 0 aliphatic heterocycles. The molecule has 106 valence electrons. The number of aromatic nitrogens is 1. The predicted octanol–water partition coefficient (Wildman–Crippen LogP) is 3.76. The van der Waals surface area contributed by atoms with Crippen LogP contribution in [-0.2, 0) is 16.6 Å². The van der Waals surface area contributed by atoms with Crippen LogP contribution >= 0.6 is 11.3 Å². The van der Waals surface area contributed by atoms with E-state index in [9.17, 15) is 9.18 Å². The van der Waals surface area contributed by atoms with Gasteiger partial charge in [0.2, 0.25) is 5.91 Å². The number of halogens is 1. The van der Waals surface area contributed by atoms with Gasteiger partial charge in [-0.3, -0.25) is 4.79 Å². The SMILES string of the molecule is CC(C)(C)c1csc(NC(=O)Cc2ccccc2F)n1. The van der Waals surface area contributed by atoms with Gasteiger partial charge in [-0.1, -0.05) is 39.0 Å². The number of thiazole rings is 1. The first-order valence-electron chi connectivity index (χ1n) is 6.35. The first kappa shape index (κ1) is 14.7. The minimum absolute atomic E-state index is 0.0110. The molecule has 1 aromatic heterocycles. The summed E-state index contributed by atoms with van der Waals surface area (Å²) in [5, 5.41) is 5.19. The van der Waals surface area contributed by atoms with E-state index in [1.807, 2.05) is 5.38 Å². The molecule has 0 aliphatic rings. The van der Waals surface area contributed by atoms with Crippen molar-refractivity contribution in [2.75, 3.05) is 5.32 Å². The molecule has 1 amide bonds. The summed E-state index contributed by atoms with van der Waals surface area (Å²) in [7, 11) is 0. The largest absolute Gasteiger partial charge is 0.302 e. The van der Waals surface area contributed by atoms with Crippen molar-refractivity contribution in [1.82, 2.24) is 4.98 Å². The number of rotatable bonds is 3. The normalized spacial score (nSPS) is 11.4. The Kier molecular flexibility index (Phi) is 4.18. The van der Waals surface area contributed by atoms with Crippen molar-refractivity contribution in [1.29, 1.82) is 0 Å². The Balaban J connectivity index is 2.02. The number of hydrogen-bond donors (Lipinski definition) is 1. The number of benzene rings is 1. The van der Waals surface area contributed by atoms with Gasteiger partial charge in [-0.2, -0.15) is 0 Å². The van der Waals surface area contributed by atoms with E-state index in [-0.39, 0.29) is 23.6 Å². The van der Waals surface area contributed by atoms with Gasteiger partial charge in [-0.15, -0.1) is 11.3 Å². The second-order valence-electron chi connectivity index (χ2n) is 5.60. The van der Waals surface area contributed by atoms with Crippen molar-refractivity contribution >= 4 is 22.4 Å². The number of hydrogen-bond acceptors (Lipinski definition) is 3. The summed E-state index contributed by atoms with van der Waals surface area (Å²) >= 11 is 1.38. The third-order valence-electron chi connectivity index (χ3n) is 2.83. The Morgan fingerprint density at radius 2 is 2.05 bits per heavy atom. The second-order valence-corrected chi connectivity index (χ2v) is 6.46. The van der Waals surface area contributed by atoms with Gasteiger partial charge in [-0.25, -0.2) is 9.37 Å². The average Bonchev–Trinajstić information content (AvgIpc) is 2.80. The minimum atomic E-state index is -0.364. The van der Waals surface area contributed by atoms with Crippen LogP contribution in [0.1, 0.15) is 32.0 Å². The van der Waals surface area contributed by atoms with Crippen LogP contribution in [0.5, 0.6) is 0 Å². The molecule has 1 heterocycles. The fraction of sp³-hybridized carbons (Fsp3) is 0.333. The maximum absolute atomic E-state index is 13.5. The molecule has 0 spiro atoms. The molecule has 0 bridgehead atoms. The molecule has 2 rings (SSSR count). The molecule has 20 heavy (non-hydrogen) atoms. The molecule has 2 aromatic rings. The van der Waals surface area contributed by atoms with E-state index in [0.29, 0.717) is 10.7 Å². The first-order valence-corrected chi connectivity index (χ1v) is 7.23. The van der Waals surface area contributed by atoms with Gasteiger partial charge >= 0.3 is 0 Å². The quantitative estimate of drug-likeness (QED) is 0.936. The summed E-state index contributed by atoms with van der Waals surface area (Å²) in [5.74, 6) is -0.623. The van der Waals surface area contributed by atoms with E-state index in [2.05, 4.69) is 31.1 Å². The molecule has 0 saturated heterocycles. The van der Waals surface area contributed by atoms with Crippen molar-refractivity contribution in [3.8, 4) is 0 Å². The molecule has 5 heteroatoms. The fourth-order valence-electron chi connectivity index (χ4n) is 1.65. The van der Waals surface area contributed by atoms with Crippen molar-refractivity contribution in [2.45, 2.75) is 32.6 Å². The van der Waals surface area contributed by atoms with Crippen molar-refractivity contribution in [3.05, 3.63) is 46.7 Å². The van der Waals surface area contributed by atoms with Crippen LogP contribution < -0.4 is 5.32 Å². The maximum atomic E-state index is 13.5. The molecular formula is C15H17FN2OS. The van der Waals surface area contributed by atoms with Gasteiger partial charge in [-0.05, 0) is 11.6 Å². The summed E-state index contributed by atoms with van der Waals surface area (Å²) in [6, 6.07) is 6.28. The average molecular weight is 292 g/mol. The lowest BCUT2D eigenvalue weighted by Gasteiger charge is -2.14. The highest BCUT2D eigenvalue weighted by atomic mass is 32.1. The van der Waals surface area contributed by atoms with E-state index in [4.69, 9.17) is 0 Å². The Bertz CT molecular complexity index is 616. The molecule has 0 saturated carbocycles. The van der Waals surface area contributed by atoms with Crippen LogP contribution in [0.3, 0.4) is 0 Å². The van der Waals surface area contributed by atoms with E-state index in [0.717, 1.165) is 5.69 Å². The molecule has 0 atom stereocenters. The van der Waals surface area contributed by atoms with Crippen molar-refractivity contribution in [3.63, 3.8) is 0 Å². The molecule has 0 radical (unpaired) electrons. The lowest BCUT2D eigenvalue weighted by molar-refractivity contribution is -0.115. The number of anilines is 1. The zero-order valence-electron chi connectivity index (χ0n) is 11.7. The van der Waals surface area contributed by atoms with Gasteiger partial charge in [0.05, 0.1) is 12.1 Å². The first-order chi connectivity index (χ1) is 9.36. The van der Waals surface area contributed by atoms with Crippen LogP contribution in [-0.4, -0.2) is 10.9 Å². The van der Waals surface area contributed by atoms with Crippen LogP contribution in [0.4, 0.5) is 9.52 Å². The van der Waals surface area contributed by atoms with Gasteiger partial charge in [0, 0.05) is 10.8 Å². The Labute approximate surface area is 121 Å². The van der Waals surface area contributed by atoms with Crippen LogP contribution in [0.25, 0.3) is 0 Å². The van der Waals surface area contributed by atoms with E-state index < -0.39 is 0 Å². The zero-order chi connectivity index (χ0) is 14.8. The lowest BCUT2D eigenvalue weighted by Crippen LogP contribution is -2.16. The Morgan fingerprint density at radius 3 is 2.65 bits per heavy atom. The smallest absolute Gasteiger partial charge is 0.230 e. The monoisotopic (exact) mass is 292 g/mol. The topological polar surface area (TPSA) is 42.0 Å². The number of nitrogens with one attached hydrogen (secondary N) is 1. The lowest BCUT2D eigenvalue weighted by atomic mass is 9.93. The number of amides is 1. The van der Waals surface area contributed by atoms with Gasteiger partial charge in [0.1, 0.15) is 5.82 Å². The van der Waals surface area contributed by atoms with Crippen LogP contribution in [0.15, 0.2) is 29.6 Å². The standard InChI is InChI=1S/C15H17FN2OS/c1-15(2,3)12-9-20-14(17-12)18-13(19)8-10-6-4-5-7-11(10)16/h4-7,9H,8H2,1-3H3,(H,17,18,19). The van der Waals surface area contributed by atoms with Crippen molar-refractivity contribution < 1.29 is 9.18 Å². The van der Waals surface area contributed by atoms with Crippen LogP contribution in [0, 0.1) is 5.82 Å². The molecule has 0 fully saturated rings. The van der Waals surface area contributed by atoms with E-state index in [1.165, 1.54) is 17.4 Å². The molecular weight excluding hydrogens is 275 g/mol. The third-order valence-corrected chi connectivity index (χ3v) is 3.59. The van der Waals surface area contributed by atoms with Crippen molar-refractivity contribution in [2.24, 2.45) is 0 Å². The molecule has 3 nitrogen and oxygen atoms in total. The third kappa shape index (κ3) is 3.63. The second kappa shape index (κ2) is 5.71. The number of carbonyl (C=O) groups excluding carboxylic acids is 1. The number of nitrogens with zero attached hydrogens (tertiary/aromatic N) is 1. The number of carbonyl (C=O) groups is 1. The predicted molar refractivity (Wildman–Crippen MR) is 79.5 cm³/mol. The van der Waals surface area contributed by atoms with Gasteiger partial charge in [0.15, 0.2) is 5.13 Å². The summed E-state index contributed by atoms with van der Waals surface area (Å²) in [4.78, 5) is 16.3. The van der Waals surface area contributed by atoms with Gasteiger partial charge in [0.25, 0.3) is 0 Å². The van der Waals surface area contributed by atoms with E-state index >= 15 is 0 Å². The summed E-state index contributed by atoms with van der Waals surface area (Å²) in [5.41, 5.74) is 1.27. The fourth-order valence-corrected chi connectivity index (χ4v) is 2.61. The highest BCUT2D eigenvalue weighted by molar-refractivity contribution is 7.13. The Hall–Kier alpha value is -1.75. The summed E-state index contributed by atoms with van der Waals surface area (Å²) in [6.45, 7) is 6.19. The summed E-state index contributed by atoms with van der Waals surface area (Å²) in [6.07, 6.45) is 0.0110. The highest BCUT2D eigenvalue weighted by Crippen LogP contribution is 2.26. The maximum Gasteiger partial charge on any atom is 0.230 e. The summed E-state index contributed by atoms with van der Waals surface area (Å²) < 4.78 is 13.5. The minimum Gasteiger partial charge on any atom is -0.302 e. The molecule has 1 aromatic carbocycles. The molecule has 0 aliphatic carbocycles. The van der Waals surface area contributed by atoms with Gasteiger partial charge < -0.3 is 5.32 Å². The zero-order valence-corrected chi connectivity index (χ0v) is 12.6. The highest BCUT2D eigenvalue weighted by Gasteiger charge is 2.18. The Morgan fingerprint density at radius 1 is 1.35 bits per heavy atom. The molecule has 0 unspecified atom stereocenters. The van der Waals surface area contributed by atoms with Crippen LogP contribution in [0.2, 0.25) is 0 Å².